The fraction of sp³-hybridized carbons (Fsp3) is 0.615. The van der Waals surface area contributed by atoms with Crippen LogP contribution >= 0.6 is 0 Å². The molecule has 0 aromatic carbocycles. The van der Waals surface area contributed by atoms with E-state index in [9.17, 15) is 0 Å². The van der Waals surface area contributed by atoms with Crippen LogP contribution < -0.4 is 10.6 Å². The summed E-state index contributed by atoms with van der Waals surface area (Å²) < 4.78 is 0. The Morgan fingerprint density at radius 1 is 1.19 bits per heavy atom. The Balaban J connectivity index is 1.84. The summed E-state index contributed by atoms with van der Waals surface area (Å²) >= 11 is 0. The molecule has 2 aliphatic heterocycles. The molecule has 0 radical (unpaired) electrons. The van der Waals surface area contributed by atoms with Crippen LogP contribution in [0.3, 0.4) is 0 Å². The minimum Gasteiger partial charge on any atom is -0.370 e. The zero-order valence-electron chi connectivity index (χ0n) is 9.63. The number of aryl methyl sites for hydroxylation is 1. The zero-order valence-corrected chi connectivity index (χ0v) is 9.63. The maximum Gasteiger partial charge on any atom is 0.129 e. The lowest BCUT2D eigenvalue weighted by molar-refractivity contribution is 0.459. The Bertz CT molecular complexity index is 369. The van der Waals surface area contributed by atoms with Gasteiger partial charge in [-0.2, -0.15) is 0 Å². The number of aromatic nitrogens is 1. The van der Waals surface area contributed by atoms with Crippen molar-refractivity contribution in [2.75, 3.05) is 25.0 Å². The predicted octanol–water partition coefficient (Wildman–Crippen LogP) is 1.91. The molecule has 3 rings (SSSR count). The number of nitrogens with zero attached hydrogens (tertiary/aromatic N) is 1. The van der Waals surface area contributed by atoms with Crippen LogP contribution in [0, 0.1) is 0 Å². The van der Waals surface area contributed by atoms with E-state index in [-0.39, 0.29) is 0 Å². The van der Waals surface area contributed by atoms with E-state index in [1.54, 1.807) is 0 Å². The lowest BCUT2D eigenvalue weighted by Gasteiger charge is -2.24. The third-order valence-electron chi connectivity index (χ3n) is 3.71. The average Bonchev–Trinajstić information content (AvgIpc) is 2.39. The van der Waals surface area contributed by atoms with Gasteiger partial charge in [-0.25, -0.2) is 4.98 Å². The van der Waals surface area contributed by atoms with E-state index < -0.39 is 0 Å². The van der Waals surface area contributed by atoms with Gasteiger partial charge in [-0.15, -0.1) is 0 Å². The Morgan fingerprint density at radius 2 is 2.06 bits per heavy atom. The minimum atomic E-state index is 0.723. The average molecular weight is 217 g/mol. The zero-order chi connectivity index (χ0) is 10.8. The van der Waals surface area contributed by atoms with Gasteiger partial charge in [-0.3, -0.25) is 0 Å². The topological polar surface area (TPSA) is 37.0 Å². The molecule has 0 saturated carbocycles. The van der Waals surface area contributed by atoms with E-state index in [4.69, 9.17) is 0 Å². The Kier molecular flexibility index (Phi) is 2.79. The third kappa shape index (κ3) is 1.92. The molecule has 16 heavy (non-hydrogen) atoms. The van der Waals surface area contributed by atoms with Crippen molar-refractivity contribution in [3.63, 3.8) is 0 Å². The second kappa shape index (κ2) is 4.42. The highest BCUT2D eigenvalue weighted by molar-refractivity contribution is 5.47. The summed E-state index contributed by atoms with van der Waals surface area (Å²) in [6.07, 6.45) is 7.02. The number of anilines is 1. The van der Waals surface area contributed by atoms with Crippen molar-refractivity contribution < 1.29 is 0 Å². The molecule has 1 saturated heterocycles. The number of pyridine rings is 1. The van der Waals surface area contributed by atoms with Crippen molar-refractivity contribution in [3.05, 3.63) is 23.4 Å². The molecule has 1 fully saturated rings. The number of hydrogen-bond donors (Lipinski definition) is 2. The summed E-state index contributed by atoms with van der Waals surface area (Å²) in [5.74, 6) is 1.84. The summed E-state index contributed by atoms with van der Waals surface area (Å²) in [4.78, 5) is 4.56. The minimum absolute atomic E-state index is 0.723. The fourth-order valence-corrected chi connectivity index (χ4v) is 2.74. The first-order valence-corrected chi connectivity index (χ1v) is 6.37. The van der Waals surface area contributed by atoms with E-state index in [1.165, 1.54) is 36.8 Å². The standard InChI is InChI=1S/C13H19N3/c1-2-11-8-12(9-16-13(11)15-5-1)10-3-6-14-7-4-10/h8-10,14H,1-7H2,(H,15,16). The highest BCUT2D eigenvalue weighted by Gasteiger charge is 2.18. The molecule has 3 nitrogen and oxygen atoms in total. The number of hydrogen-bond acceptors (Lipinski definition) is 3. The SMILES string of the molecule is c1nc2c(cc1C1CCNCC1)CCCN2. The van der Waals surface area contributed by atoms with Crippen molar-refractivity contribution in [1.29, 1.82) is 0 Å². The molecule has 3 heterocycles. The van der Waals surface area contributed by atoms with E-state index in [2.05, 4.69) is 27.9 Å². The first-order valence-electron chi connectivity index (χ1n) is 6.37. The van der Waals surface area contributed by atoms with Crippen molar-refractivity contribution in [1.82, 2.24) is 10.3 Å². The van der Waals surface area contributed by atoms with Crippen LogP contribution in [0.25, 0.3) is 0 Å². The molecule has 0 atom stereocenters. The molecule has 0 unspecified atom stereocenters. The molecule has 1 aromatic rings. The summed E-state index contributed by atoms with van der Waals surface area (Å²) in [5, 5.41) is 6.78. The summed E-state index contributed by atoms with van der Waals surface area (Å²) in [6, 6.07) is 2.38. The molecule has 1 aromatic heterocycles. The van der Waals surface area contributed by atoms with Crippen LogP contribution in [-0.4, -0.2) is 24.6 Å². The molecule has 86 valence electrons. The number of piperidine rings is 1. The van der Waals surface area contributed by atoms with Gasteiger partial charge < -0.3 is 10.6 Å². The van der Waals surface area contributed by atoms with Crippen molar-refractivity contribution >= 4 is 5.82 Å². The number of rotatable bonds is 1. The number of fused-ring (bicyclic) bond motifs is 1. The van der Waals surface area contributed by atoms with Gasteiger partial charge in [0.2, 0.25) is 0 Å². The molecule has 0 bridgehead atoms. The van der Waals surface area contributed by atoms with E-state index in [1.807, 2.05) is 0 Å². The quantitative estimate of drug-likeness (QED) is 0.754. The van der Waals surface area contributed by atoms with Gasteiger partial charge in [-0.1, -0.05) is 6.07 Å². The van der Waals surface area contributed by atoms with E-state index >= 15 is 0 Å². The third-order valence-corrected chi connectivity index (χ3v) is 3.71. The summed E-state index contributed by atoms with van der Waals surface area (Å²) in [5.41, 5.74) is 2.87. The summed E-state index contributed by atoms with van der Waals surface area (Å²) in [6.45, 7) is 3.38. The van der Waals surface area contributed by atoms with Crippen LogP contribution in [0.2, 0.25) is 0 Å². The largest absolute Gasteiger partial charge is 0.370 e. The molecular weight excluding hydrogens is 198 g/mol. The highest BCUT2D eigenvalue weighted by Crippen LogP contribution is 2.28. The normalized spacial score (nSPS) is 21.2. The lowest BCUT2D eigenvalue weighted by atomic mass is 9.90. The highest BCUT2D eigenvalue weighted by atomic mass is 15.0. The fourth-order valence-electron chi connectivity index (χ4n) is 2.74. The van der Waals surface area contributed by atoms with Gasteiger partial charge >= 0.3 is 0 Å². The molecule has 0 spiro atoms. The predicted molar refractivity (Wildman–Crippen MR) is 65.9 cm³/mol. The molecule has 2 aliphatic rings. The second-order valence-corrected chi connectivity index (χ2v) is 4.83. The van der Waals surface area contributed by atoms with E-state index in [0.717, 1.165) is 31.4 Å². The van der Waals surface area contributed by atoms with Gasteiger partial charge in [0.05, 0.1) is 0 Å². The molecule has 2 N–H and O–H groups in total. The first kappa shape index (κ1) is 10.1. The van der Waals surface area contributed by atoms with Crippen LogP contribution in [0.4, 0.5) is 5.82 Å². The molecule has 0 aliphatic carbocycles. The molecule has 3 heteroatoms. The maximum absolute atomic E-state index is 4.56. The second-order valence-electron chi connectivity index (χ2n) is 4.83. The van der Waals surface area contributed by atoms with Crippen LogP contribution in [-0.2, 0) is 6.42 Å². The monoisotopic (exact) mass is 217 g/mol. The molecular formula is C13H19N3. The number of nitrogens with one attached hydrogen (secondary N) is 2. The smallest absolute Gasteiger partial charge is 0.129 e. The lowest BCUT2D eigenvalue weighted by Crippen LogP contribution is -2.27. The van der Waals surface area contributed by atoms with Gasteiger partial charge in [0.1, 0.15) is 5.82 Å². The summed E-state index contributed by atoms with van der Waals surface area (Å²) in [7, 11) is 0. The molecule has 0 amide bonds. The van der Waals surface area contributed by atoms with Gasteiger partial charge in [-0.05, 0) is 55.8 Å². The van der Waals surface area contributed by atoms with Crippen LogP contribution in [0.1, 0.15) is 36.3 Å². The van der Waals surface area contributed by atoms with Crippen molar-refractivity contribution in [2.24, 2.45) is 0 Å². The van der Waals surface area contributed by atoms with Crippen LogP contribution in [0.15, 0.2) is 12.3 Å². The Labute approximate surface area is 96.7 Å². The Hall–Kier alpha value is -1.09. The van der Waals surface area contributed by atoms with Crippen LogP contribution in [0.5, 0.6) is 0 Å². The van der Waals surface area contributed by atoms with Gasteiger partial charge in [0.15, 0.2) is 0 Å². The van der Waals surface area contributed by atoms with Gasteiger partial charge in [0.25, 0.3) is 0 Å². The maximum atomic E-state index is 4.56. The Morgan fingerprint density at radius 3 is 2.94 bits per heavy atom. The van der Waals surface area contributed by atoms with Crippen molar-refractivity contribution in [3.8, 4) is 0 Å². The first-order chi connectivity index (χ1) is 7.93. The van der Waals surface area contributed by atoms with Gasteiger partial charge in [0, 0.05) is 12.7 Å². The van der Waals surface area contributed by atoms with Crippen molar-refractivity contribution in [2.45, 2.75) is 31.6 Å². The van der Waals surface area contributed by atoms with E-state index in [0.29, 0.717) is 0 Å².